The highest BCUT2D eigenvalue weighted by Gasteiger charge is 2.20. The standard InChI is InChI=1S/C23H24N2O6/c1-28-17-9-10-18(20(13-17)29-2)24-21(26)15-31-19-11-12-25(22(19)23(27)30-3)14-16-7-5-4-6-8-16/h4-13H,14-15H2,1-3H3,(H,24,26). The molecule has 0 aliphatic carbocycles. The lowest BCUT2D eigenvalue weighted by atomic mass is 10.2. The molecule has 0 fully saturated rings. The maximum atomic E-state index is 12.4. The normalized spacial score (nSPS) is 10.3. The number of carbonyl (C=O) groups excluding carboxylic acids is 2. The third kappa shape index (κ3) is 5.36. The van der Waals surface area contributed by atoms with Crippen LogP contribution in [0.25, 0.3) is 0 Å². The Morgan fingerprint density at radius 3 is 2.39 bits per heavy atom. The molecular formula is C23H24N2O6. The van der Waals surface area contributed by atoms with E-state index in [1.54, 1.807) is 42.1 Å². The summed E-state index contributed by atoms with van der Waals surface area (Å²) in [6.45, 7) is 0.165. The van der Waals surface area contributed by atoms with Crippen molar-refractivity contribution in [1.82, 2.24) is 4.57 Å². The molecular weight excluding hydrogens is 400 g/mol. The van der Waals surface area contributed by atoms with E-state index in [-0.39, 0.29) is 18.1 Å². The van der Waals surface area contributed by atoms with Crippen molar-refractivity contribution < 1.29 is 28.5 Å². The van der Waals surface area contributed by atoms with Crippen molar-refractivity contribution in [3.05, 3.63) is 72.1 Å². The van der Waals surface area contributed by atoms with E-state index in [0.29, 0.717) is 23.7 Å². The van der Waals surface area contributed by atoms with E-state index >= 15 is 0 Å². The average molecular weight is 424 g/mol. The SMILES string of the molecule is COC(=O)c1c(OCC(=O)Nc2ccc(OC)cc2OC)ccn1Cc1ccccc1. The summed E-state index contributed by atoms with van der Waals surface area (Å²) >= 11 is 0. The largest absolute Gasteiger partial charge is 0.497 e. The fourth-order valence-electron chi connectivity index (χ4n) is 3.03. The number of anilines is 1. The summed E-state index contributed by atoms with van der Waals surface area (Å²) < 4.78 is 22.7. The number of nitrogens with one attached hydrogen (secondary N) is 1. The zero-order chi connectivity index (χ0) is 22.2. The third-order valence-electron chi connectivity index (χ3n) is 4.54. The molecule has 0 bridgehead atoms. The van der Waals surface area contributed by atoms with Gasteiger partial charge < -0.3 is 28.8 Å². The lowest BCUT2D eigenvalue weighted by Gasteiger charge is -2.13. The average Bonchev–Trinajstić information content (AvgIpc) is 3.20. The number of amides is 1. The first-order chi connectivity index (χ1) is 15.0. The van der Waals surface area contributed by atoms with Crippen molar-refractivity contribution in [2.24, 2.45) is 0 Å². The van der Waals surface area contributed by atoms with Crippen LogP contribution in [0.4, 0.5) is 5.69 Å². The van der Waals surface area contributed by atoms with Gasteiger partial charge in [-0.1, -0.05) is 30.3 Å². The van der Waals surface area contributed by atoms with Crippen LogP contribution in [0.5, 0.6) is 17.2 Å². The molecule has 1 aromatic heterocycles. The maximum Gasteiger partial charge on any atom is 0.358 e. The molecule has 0 saturated heterocycles. The molecule has 0 radical (unpaired) electrons. The Hall–Kier alpha value is -3.94. The maximum absolute atomic E-state index is 12.4. The smallest absolute Gasteiger partial charge is 0.358 e. The van der Waals surface area contributed by atoms with Crippen LogP contribution in [0.1, 0.15) is 16.1 Å². The molecule has 8 nitrogen and oxygen atoms in total. The summed E-state index contributed by atoms with van der Waals surface area (Å²) in [4.78, 5) is 24.7. The number of methoxy groups -OCH3 is 3. The van der Waals surface area contributed by atoms with E-state index in [4.69, 9.17) is 18.9 Å². The first kappa shape index (κ1) is 21.8. The fourth-order valence-corrected chi connectivity index (χ4v) is 3.03. The highest BCUT2D eigenvalue weighted by molar-refractivity contribution is 5.94. The molecule has 2 aromatic carbocycles. The molecule has 1 amide bonds. The van der Waals surface area contributed by atoms with Gasteiger partial charge in [-0.25, -0.2) is 4.79 Å². The van der Waals surface area contributed by atoms with Crippen molar-refractivity contribution >= 4 is 17.6 Å². The highest BCUT2D eigenvalue weighted by Crippen LogP contribution is 2.29. The second-order valence-electron chi connectivity index (χ2n) is 6.54. The number of benzene rings is 2. The predicted octanol–water partition coefficient (Wildman–Crippen LogP) is 3.36. The second-order valence-corrected chi connectivity index (χ2v) is 6.54. The molecule has 0 saturated carbocycles. The first-order valence-electron chi connectivity index (χ1n) is 9.51. The van der Waals surface area contributed by atoms with Crippen molar-refractivity contribution in [1.29, 1.82) is 0 Å². The number of esters is 1. The minimum Gasteiger partial charge on any atom is -0.497 e. The summed E-state index contributed by atoms with van der Waals surface area (Å²) in [6.07, 6.45) is 1.72. The third-order valence-corrected chi connectivity index (χ3v) is 4.54. The minimum atomic E-state index is -0.548. The lowest BCUT2D eigenvalue weighted by molar-refractivity contribution is -0.118. The Labute approximate surface area is 180 Å². The van der Waals surface area contributed by atoms with Gasteiger partial charge in [-0.2, -0.15) is 0 Å². The Morgan fingerprint density at radius 1 is 0.935 bits per heavy atom. The van der Waals surface area contributed by atoms with Gasteiger partial charge in [0.15, 0.2) is 18.1 Å². The van der Waals surface area contributed by atoms with Crippen molar-refractivity contribution in [3.63, 3.8) is 0 Å². The van der Waals surface area contributed by atoms with Crippen LogP contribution in [-0.4, -0.2) is 44.4 Å². The van der Waals surface area contributed by atoms with Gasteiger partial charge in [0.25, 0.3) is 5.91 Å². The quantitative estimate of drug-likeness (QED) is 0.530. The number of nitrogens with zero attached hydrogens (tertiary/aromatic N) is 1. The van der Waals surface area contributed by atoms with E-state index in [0.717, 1.165) is 5.56 Å². The van der Waals surface area contributed by atoms with Crippen LogP contribution in [-0.2, 0) is 16.1 Å². The molecule has 162 valence electrons. The Bertz CT molecular complexity index is 1050. The van der Waals surface area contributed by atoms with Crippen LogP contribution in [0, 0.1) is 0 Å². The molecule has 3 rings (SSSR count). The van der Waals surface area contributed by atoms with Crippen molar-refractivity contribution in [2.75, 3.05) is 33.3 Å². The van der Waals surface area contributed by atoms with E-state index < -0.39 is 11.9 Å². The zero-order valence-corrected chi connectivity index (χ0v) is 17.6. The van der Waals surface area contributed by atoms with Gasteiger partial charge in [-0.3, -0.25) is 4.79 Å². The van der Waals surface area contributed by atoms with Crippen LogP contribution >= 0.6 is 0 Å². The number of rotatable bonds is 9. The second kappa shape index (κ2) is 10.2. The molecule has 0 atom stereocenters. The fraction of sp³-hybridized carbons (Fsp3) is 0.217. The molecule has 0 aliphatic heterocycles. The monoisotopic (exact) mass is 424 g/mol. The van der Waals surface area contributed by atoms with Gasteiger partial charge in [0.1, 0.15) is 11.5 Å². The molecule has 0 aliphatic rings. The van der Waals surface area contributed by atoms with Gasteiger partial charge in [-0.05, 0) is 23.8 Å². The number of carbonyl (C=O) groups is 2. The van der Waals surface area contributed by atoms with Crippen LogP contribution in [0.15, 0.2) is 60.8 Å². The van der Waals surface area contributed by atoms with Crippen molar-refractivity contribution in [3.8, 4) is 17.2 Å². The first-order valence-corrected chi connectivity index (χ1v) is 9.51. The Kier molecular flexibility index (Phi) is 7.16. The number of aromatic nitrogens is 1. The van der Waals surface area contributed by atoms with Crippen molar-refractivity contribution in [2.45, 2.75) is 6.54 Å². The molecule has 8 heteroatoms. The summed E-state index contributed by atoms with van der Waals surface area (Å²) in [6, 6.07) is 16.4. The van der Waals surface area contributed by atoms with Crippen LogP contribution in [0.2, 0.25) is 0 Å². The predicted molar refractivity (Wildman–Crippen MR) is 115 cm³/mol. The van der Waals surface area contributed by atoms with Gasteiger partial charge in [0, 0.05) is 18.8 Å². The van der Waals surface area contributed by atoms with E-state index in [9.17, 15) is 9.59 Å². The van der Waals surface area contributed by atoms with E-state index in [2.05, 4.69) is 5.32 Å². The number of ether oxygens (including phenoxy) is 4. The molecule has 0 unspecified atom stereocenters. The van der Waals surface area contributed by atoms with Gasteiger partial charge in [-0.15, -0.1) is 0 Å². The summed E-state index contributed by atoms with van der Waals surface area (Å²) in [5.74, 6) is 0.369. The molecule has 1 heterocycles. The van der Waals surface area contributed by atoms with Gasteiger partial charge in [0.05, 0.1) is 27.0 Å². The molecule has 0 spiro atoms. The van der Waals surface area contributed by atoms with Gasteiger partial charge in [0.2, 0.25) is 0 Å². The topological polar surface area (TPSA) is 88.0 Å². The van der Waals surface area contributed by atoms with E-state index in [1.165, 1.54) is 14.2 Å². The summed E-state index contributed by atoms with van der Waals surface area (Å²) in [5, 5.41) is 2.72. The Balaban J connectivity index is 1.71. The molecule has 1 N–H and O–H groups in total. The Morgan fingerprint density at radius 2 is 1.71 bits per heavy atom. The molecule has 31 heavy (non-hydrogen) atoms. The summed E-state index contributed by atoms with van der Waals surface area (Å²) in [5.41, 5.74) is 1.73. The number of hydrogen-bond donors (Lipinski definition) is 1. The lowest BCUT2D eigenvalue weighted by Crippen LogP contribution is -2.21. The van der Waals surface area contributed by atoms with Crippen LogP contribution < -0.4 is 19.5 Å². The summed E-state index contributed by atoms with van der Waals surface area (Å²) in [7, 11) is 4.34. The zero-order valence-electron chi connectivity index (χ0n) is 17.6. The van der Waals surface area contributed by atoms with E-state index in [1.807, 2.05) is 30.3 Å². The minimum absolute atomic E-state index is 0.237. The highest BCUT2D eigenvalue weighted by atomic mass is 16.5. The van der Waals surface area contributed by atoms with Crippen LogP contribution in [0.3, 0.4) is 0 Å². The molecule has 3 aromatic rings. The number of hydrogen-bond acceptors (Lipinski definition) is 6. The van der Waals surface area contributed by atoms with Gasteiger partial charge >= 0.3 is 5.97 Å².